The van der Waals surface area contributed by atoms with Crippen LogP contribution in [-0.4, -0.2) is 34.9 Å². The van der Waals surface area contributed by atoms with Crippen molar-refractivity contribution in [2.45, 2.75) is 32.4 Å². The predicted molar refractivity (Wildman–Crippen MR) is 105 cm³/mol. The highest BCUT2D eigenvalue weighted by molar-refractivity contribution is 5.98. The molecule has 28 heavy (non-hydrogen) atoms. The van der Waals surface area contributed by atoms with Gasteiger partial charge in [-0.05, 0) is 35.7 Å². The first-order valence-electron chi connectivity index (χ1n) is 9.01. The molecule has 0 radical (unpaired) electrons. The highest BCUT2D eigenvalue weighted by Gasteiger charge is 2.27. The van der Waals surface area contributed by atoms with Crippen molar-refractivity contribution in [1.29, 1.82) is 0 Å². The molecule has 2 atom stereocenters. The van der Waals surface area contributed by atoms with E-state index in [-0.39, 0.29) is 18.1 Å². The summed E-state index contributed by atoms with van der Waals surface area (Å²) in [7, 11) is 0. The Morgan fingerprint density at radius 1 is 0.964 bits per heavy atom. The van der Waals surface area contributed by atoms with Gasteiger partial charge in [0, 0.05) is 12.0 Å². The van der Waals surface area contributed by atoms with Crippen LogP contribution in [0.1, 0.15) is 29.8 Å². The summed E-state index contributed by atoms with van der Waals surface area (Å²) in [5, 5.41) is 14.8. The van der Waals surface area contributed by atoms with E-state index in [1.165, 1.54) is 12.1 Å². The number of aromatic hydroxyl groups is 1. The third-order valence-electron chi connectivity index (χ3n) is 4.30. The Hall–Kier alpha value is -3.35. The van der Waals surface area contributed by atoms with Gasteiger partial charge in [0.1, 0.15) is 17.8 Å². The van der Waals surface area contributed by atoms with Gasteiger partial charge in [-0.25, -0.2) is 0 Å². The van der Waals surface area contributed by atoms with E-state index in [2.05, 4.69) is 10.6 Å². The topological polar surface area (TPSA) is 122 Å². The maximum absolute atomic E-state index is 12.8. The standard InChI is InChI=1S/C21H25N3O4/c1-13(2)18(19(22)26)24-21(28)17(12-14-8-10-16(25)11-9-14)23-20(27)15-6-4-3-5-7-15/h3-11,13,17-18,25H,12H2,1-2H3,(H2,22,26)(H,23,27)(H,24,28). The second-order valence-corrected chi connectivity index (χ2v) is 6.90. The largest absolute Gasteiger partial charge is 0.508 e. The number of nitrogens with one attached hydrogen (secondary N) is 2. The molecule has 0 saturated heterocycles. The lowest BCUT2D eigenvalue weighted by atomic mass is 10.0. The Morgan fingerprint density at radius 3 is 2.11 bits per heavy atom. The third-order valence-corrected chi connectivity index (χ3v) is 4.30. The molecule has 148 valence electrons. The average Bonchev–Trinajstić information content (AvgIpc) is 2.67. The van der Waals surface area contributed by atoms with Gasteiger partial charge in [-0.15, -0.1) is 0 Å². The van der Waals surface area contributed by atoms with Gasteiger partial charge in [0.25, 0.3) is 5.91 Å². The molecule has 0 bridgehead atoms. The first kappa shape index (κ1) is 21.0. The van der Waals surface area contributed by atoms with Crippen molar-refractivity contribution in [3.8, 4) is 5.75 Å². The minimum atomic E-state index is -0.919. The minimum Gasteiger partial charge on any atom is -0.508 e. The molecule has 5 N–H and O–H groups in total. The van der Waals surface area contributed by atoms with Crippen molar-refractivity contribution in [2.75, 3.05) is 0 Å². The number of primary amides is 1. The first-order valence-corrected chi connectivity index (χ1v) is 9.01. The molecule has 0 aromatic heterocycles. The molecule has 7 nitrogen and oxygen atoms in total. The van der Waals surface area contributed by atoms with Gasteiger partial charge in [0.2, 0.25) is 11.8 Å². The highest BCUT2D eigenvalue weighted by atomic mass is 16.3. The SMILES string of the molecule is CC(C)C(NC(=O)C(Cc1ccc(O)cc1)NC(=O)c1ccccc1)C(N)=O. The smallest absolute Gasteiger partial charge is 0.251 e. The summed E-state index contributed by atoms with van der Waals surface area (Å²) in [5.41, 5.74) is 6.54. The summed E-state index contributed by atoms with van der Waals surface area (Å²) < 4.78 is 0. The molecule has 7 heteroatoms. The van der Waals surface area contributed by atoms with Crippen LogP contribution in [0.25, 0.3) is 0 Å². The van der Waals surface area contributed by atoms with Crippen LogP contribution in [0.3, 0.4) is 0 Å². The maximum Gasteiger partial charge on any atom is 0.251 e. The van der Waals surface area contributed by atoms with Gasteiger partial charge < -0.3 is 21.5 Å². The van der Waals surface area contributed by atoms with E-state index in [0.717, 1.165) is 5.56 Å². The minimum absolute atomic E-state index is 0.103. The summed E-state index contributed by atoms with van der Waals surface area (Å²) in [6, 6.07) is 13.1. The fourth-order valence-corrected chi connectivity index (χ4v) is 2.73. The van der Waals surface area contributed by atoms with Crippen LogP contribution in [0.5, 0.6) is 5.75 Å². The molecule has 0 aliphatic rings. The Bertz CT molecular complexity index is 819. The number of carbonyl (C=O) groups excluding carboxylic acids is 3. The normalized spacial score (nSPS) is 12.8. The molecule has 0 spiro atoms. The van der Waals surface area contributed by atoms with E-state index in [4.69, 9.17) is 5.73 Å². The van der Waals surface area contributed by atoms with Crippen molar-refractivity contribution in [1.82, 2.24) is 10.6 Å². The zero-order valence-electron chi connectivity index (χ0n) is 15.9. The van der Waals surface area contributed by atoms with Gasteiger partial charge in [-0.1, -0.05) is 44.2 Å². The fraction of sp³-hybridized carbons (Fsp3) is 0.286. The van der Waals surface area contributed by atoms with Crippen LogP contribution < -0.4 is 16.4 Å². The molecule has 2 aromatic carbocycles. The second-order valence-electron chi connectivity index (χ2n) is 6.90. The number of phenolic OH excluding ortho intramolecular Hbond substituents is 1. The number of phenols is 1. The quantitative estimate of drug-likeness (QED) is 0.550. The van der Waals surface area contributed by atoms with Crippen LogP contribution >= 0.6 is 0 Å². The molecule has 0 heterocycles. The highest BCUT2D eigenvalue weighted by Crippen LogP contribution is 2.12. The van der Waals surface area contributed by atoms with Crippen molar-refractivity contribution in [2.24, 2.45) is 11.7 Å². The predicted octanol–water partition coefficient (Wildman–Crippen LogP) is 1.36. The number of amides is 3. The van der Waals surface area contributed by atoms with Crippen molar-refractivity contribution in [3.05, 3.63) is 65.7 Å². The summed E-state index contributed by atoms with van der Waals surface area (Å²) >= 11 is 0. The van der Waals surface area contributed by atoms with Crippen LogP contribution in [0.2, 0.25) is 0 Å². The van der Waals surface area contributed by atoms with E-state index in [0.29, 0.717) is 5.56 Å². The molecular weight excluding hydrogens is 358 g/mol. The van der Waals surface area contributed by atoms with Crippen molar-refractivity contribution < 1.29 is 19.5 Å². The van der Waals surface area contributed by atoms with Gasteiger partial charge in [0.05, 0.1) is 0 Å². The fourth-order valence-electron chi connectivity index (χ4n) is 2.73. The molecular formula is C21H25N3O4. The maximum atomic E-state index is 12.8. The van der Waals surface area contributed by atoms with E-state index in [9.17, 15) is 19.5 Å². The number of hydrogen-bond donors (Lipinski definition) is 4. The Labute approximate surface area is 163 Å². The molecule has 3 amide bonds. The van der Waals surface area contributed by atoms with E-state index < -0.39 is 29.8 Å². The van der Waals surface area contributed by atoms with Crippen molar-refractivity contribution in [3.63, 3.8) is 0 Å². The molecule has 2 aromatic rings. The number of benzene rings is 2. The van der Waals surface area contributed by atoms with Crippen LogP contribution in [0, 0.1) is 5.92 Å². The molecule has 0 aliphatic carbocycles. The van der Waals surface area contributed by atoms with Crippen LogP contribution in [-0.2, 0) is 16.0 Å². The monoisotopic (exact) mass is 383 g/mol. The number of nitrogens with two attached hydrogens (primary N) is 1. The Balaban J connectivity index is 2.21. The Morgan fingerprint density at radius 2 is 1.57 bits per heavy atom. The zero-order chi connectivity index (χ0) is 20.7. The number of hydrogen-bond acceptors (Lipinski definition) is 4. The van der Waals surface area contributed by atoms with Crippen molar-refractivity contribution >= 4 is 17.7 Å². The lowest BCUT2D eigenvalue weighted by Gasteiger charge is -2.24. The molecule has 0 aliphatic heterocycles. The van der Waals surface area contributed by atoms with Gasteiger partial charge in [-0.3, -0.25) is 14.4 Å². The third kappa shape index (κ3) is 5.84. The first-order chi connectivity index (χ1) is 13.3. The van der Waals surface area contributed by atoms with Gasteiger partial charge in [0.15, 0.2) is 0 Å². The summed E-state index contributed by atoms with van der Waals surface area (Å²) in [6.45, 7) is 3.54. The van der Waals surface area contributed by atoms with Crippen LogP contribution in [0.15, 0.2) is 54.6 Å². The zero-order valence-corrected chi connectivity index (χ0v) is 15.9. The molecule has 0 saturated carbocycles. The van der Waals surface area contributed by atoms with Gasteiger partial charge in [-0.2, -0.15) is 0 Å². The van der Waals surface area contributed by atoms with Crippen LogP contribution in [0.4, 0.5) is 0 Å². The summed E-state index contributed by atoms with van der Waals surface area (Å²) in [4.78, 5) is 37.0. The summed E-state index contributed by atoms with van der Waals surface area (Å²) in [5.74, 6) is -1.64. The van der Waals surface area contributed by atoms with E-state index in [1.54, 1.807) is 56.3 Å². The average molecular weight is 383 g/mol. The lowest BCUT2D eigenvalue weighted by molar-refractivity contribution is -0.129. The number of rotatable bonds is 8. The number of carbonyl (C=O) groups is 3. The van der Waals surface area contributed by atoms with Gasteiger partial charge >= 0.3 is 0 Å². The molecule has 0 fully saturated rings. The summed E-state index contributed by atoms with van der Waals surface area (Å²) in [6.07, 6.45) is 0.189. The van der Waals surface area contributed by atoms with E-state index in [1.807, 2.05) is 0 Å². The molecule has 2 rings (SSSR count). The second kappa shape index (κ2) is 9.55. The lowest BCUT2D eigenvalue weighted by Crippen LogP contribution is -2.55. The Kier molecular flexibility index (Phi) is 7.14. The van der Waals surface area contributed by atoms with E-state index >= 15 is 0 Å². The molecule has 2 unspecified atom stereocenters.